The van der Waals surface area contributed by atoms with E-state index in [0.29, 0.717) is 22.4 Å². The van der Waals surface area contributed by atoms with Gasteiger partial charge in [-0.3, -0.25) is 4.98 Å². The Morgan fingerprint density at radius 2 is 1.93 bits per heavy atom. The second-order valence-electron chi connectivity index (χ2n) is 9.18. The molecule has 2 heterocycles. The van der Waals surface area contributed by atoms with Gasteiger partial charge in [-0.2, -0.15) is 0 Å². The van der Waals surface area contributed by atoms with Crippen LogP contribution in [0.1, 0.15) is 46.2 Å². The first-order valence-electron chi connectivity index (χ1n) is 10.2. The van der Waals surface area contributed by atoms with Gasteiger partial charge in [0.15, 0.2) is 5.11 Å². The number of anilines is 1. The Bertz CT molecular complexity index is 872. The quantitative estimate of drug-likeness (QED) is 0.611. The van der Waals surface area contributed by atoms with Crippen molar-refractivity contribution < 1.29 is 4.74 Å². The van der Waals surface area contributed by atoms with E-state index in [0.717, 1.165) is 24.2 Å². The fourth-order valence-electron chi connectivity index (χ4n) is 4.49. The molecule has 2 aromatic rings. The van der Waals surface area contributed by atoms with Crippen molar-refractivity contribution in [2.75, 3.05) is 12.4 Å². The smallest absolute Gasteiger partial charge is 0.174 e. The Labute approximate surface area is 190 Å². The van der Waals surface area contributed by atoms with Crippen LogP contribution in [0.25, 0.3) is 0 Å². The summed E-state index contributed by atoms with van der Waals surface area (Å²) in [5, 5.41) is 8.39. The van der Waals surface area contributed by atoms with Crippen molar-refractivity contribution in [1.29, 1.82) is 0 Å². The van der Waals surface area contributed by atoms with Crippen LogP contribution in [0.4, 0.5) is 5.69 Å². The molecule has 1 aliphatic heterocycles. The maximum absolute atomic E-state index is 6.22. The number of pyridine rings is 1. The maximum atomic E-state index is 6.22. The van der Waals surface area contributed by atoms with E-state index in [-0.39, 0.29) is 17.1 Å². The average molecular weight is 447 g/mol. The SMILES string of the molecule is COc1ccc(Cl)cc1NC(=S)N(Cc1ccccn1)C1CC(C)(C)NC(C)(C)C1. The molecule has 0 amide bonds. The molecule has 0 aliphatic carbocycles. The molecular formula is C23H31ClN4OS. The minimum absolute atomic E-state index is 0.00184. The molecule has 1 aromatic heterocycles. The first kappa shape index (κ1) is 22.8. The molecule has 1 saturated heterocycles. The zero-order valence-electron chi connectivity index (χ0n) is 18.3. The topological polar surface area (TPSA) is 49.4 Å². The van der Waals surface area contributed by atoms with Crippen LogP contribution >= 0.6 is 23.8 Å². The lowest BCUT2D eigenvalue weighted by molar-refractivity contribution is 0.101. The third-order valence-corrected chi connectivity index (χ3v) is 5.90. The van der Waals surface area contributed by atoms with Crippen molar-refractivity contribution in [3.05, 3.63) is 53.3 Å². The largest absolute Gasteiger partial charge is 0.495 e. The summed E-state index contributed by atoms with van der Waals surface area (Å²) >= 11 is 12.1. The summed E-state index contributed by atoms with van der Waals surface area (Å²) in [6, 6.07) is 11.7. The van der Waals surface area contributed by atoms with Gasteiger partial charge in [0.1, 0.15) is 5.75 Å². The second kappa shape index (κ2) is 9.08. The molecule has 0 radical (unpaired) electrons. The van der Waals surface area contributed by atoms with Gasteiger partial charge in [0.25, 0.3) is 0 Å². The summed E-state index contributed by atoms with van der Waals surface area (Å²) in [5.41, 5.74) is 1.73. The van der Waals surface area contributed by atoms with Gasteiger partial charge in [-0.25, -0.2) is 0 Å². The number of ether oxygens (including phenoxy) is 1. The molecule has 7 heteroatoms. The van der Waals surface area contributed by atoms with E-state index in [9.17, 15) is 0 Å². The van der Waals surface area contributed by atoms with Gasteiger partial charge in [0.2, 0.25) is 0 Å². The summed E-state index contributed by atoms with van der Waals surface area (Å²) in [5.74, 6) is 0.700. The van der Waals surface area contributed by atoms with Crippen molar-refractivity contribution in [2.45, 2.75) is 64.2 Å². The zero-order chi connectivity index (χ0) is 21.9. The van der Waals surface area contributed by atoms with Gasteiger partial charge in [0.05, 0.1) is 25.0 Å². The minimum Gasteiger partial charge on any atom is -0.495 e. The van der Waals surface area contributed by atoms with E-state index in [4.69, 9.17) is 28.6 Å². The second-order valence-corrected chi connectivity index (χ2v) is 10.0. The van der Waals surface area contributed by atoms with E-state index >= 15 is 0 Å². The predicted octanol–water partition coefficient (Wildman–Crippen LogP) is 5.25. The first-order chi connectivity index (χ1) is 14.1. The van der Waals surface area contributed by atoms with Crippen molar-refractivity contribution in [1.82, 2.24) is 15.2 Å². The lowest BCUT2D eigenvalue weighted by Crippen LogP contribution is -2.63. The number of halogens is 1. The molecule has 0 saturated carbocycles. The molecule has 1 aromatic carbocycles. The van der Waals surface area contributed by atoms with Gasteiger partial charge in [-0.05, 0) is 83.1 Å². The molecule has 2 N–H and O–H groups in total. The van der Waals surface area contributed by atoms with Crippen LogP contribution in [-0.2, 0) is 6.54 Å². The number of hydrogen-bond acceptors (Lipinski definition) is 4. The molecule has 0 bridgehead atoms. The summed E-state index contributed by atoms with van der Waals surface area (Å²) in [4.78, 5) is 6.79. The van der Waals surface area contributed by atoms with Crippen molar-refractivity contribution in [2.24, 2.45) is 0 Å². The standard InChI is InChI=1S/C23H31ClN4OS/c1-22(2)13-18(14-23(3,4)27-22)28(15-17-8-6-7-11-25-17)21(30)26-19-12-16(24)9-10-20(19)29-5/h6-12,18,27H,13-15H2,1-5H3,(H,26,30). The number of aromatic nitrogens is 1. The van der Waals surface area contributed by atoms with Crippen molar-refractivity contribution in [3.8, 4) is 5.75 Å². The number of nitrogens with one attached hydrogen (secondary N) is 2. The number of rotatable bonds is 5. The fraction of sp³-hybridized carbons (Fsp3) is 0.478. The van der Waals surface area contributed by atoms with Crippen molar-refractivity contribution >= 4 is 34.6 Å². The van der Waals surface area contributed by atoms with Crippen LogP contribution in [0.5, 0.6) is 5.75 Å². The number of piperidine rings is 1. The third-order valence-electron chi connectivity index (χ3n) is 5.33. The molecule has 0 atom stereocenters. The minimum atomic E-state index is -0.00184. The average Bonchev–Trinajstić information content (AvgIpc) is 2.64. The lowest BCUT2D eigenvalue weighted by atomic mass is 9.79. The molecule has 30 heavy (non-hydrogen) atoms. The molecule has 3 rings (SSSR count). The molecule has 5 nitrogen and oxygen atoms in total. The number of methoxy groups -OCH3 is 1. The van der Waals surface area contributed by atoms with Crippen LogP contribution in [-0.4, -0.2) is 39.2 Å². The number of hydrogen-bond donors (Lipinski definition) is 2. The van der Waals surface area contributed by atoms with Gasteiger partial charge in [-0.1, -0.05) is 17.7 Å². The molecular weight excluding hydrogens is 416 g/mol. The van der Waals surface area contributed by atoms with Gasteiger partial charge in [-0.15, -0.1) is 0 Å². The van der Waals surface area contributed by atoms with Crippen LogP contribution in [0, 0.1) is 0 Å². The first-order valence-corrected chi connectivity index (χ1v) is 11.0. The van der Waals surface area contributed by atoms with E-state index in [1.165, 1.54) is 0 Å². The Morgan fingerprint density at radius 1 is 1.23 bits per heavy atom. The van der Waals surface area contributed by atoms with Crippen LogP contribution in [0.15, 0.2) is 42.6 Å². The van der Waals surface area contributed by atoms with Gasteiger partial charge in [0, 0.05) is 28.3 Å². The third kappa shape index (κ3) is 5.84. The summed E-state index contributed by atoms with van der Waals surface area (Å²) in [6.45, 7) is 9.62. The van der Waals surface area contributed by atoms with Crippen molar-refractivity contribution in [3.63, 3.8) is 0 Å². The highest BCUT2D eigenvalue weighted by atomic mass is 35.5. The highest BCUT2D eigenvalue weighted by molar-refractivity contribution is 7.80. The van der Waals surface area contributed by atoms with Crippen LogP contribution in [0.3, 0.4) is 0 Å². The van der Waals surface area contributed by atoms with Crippen LogP contribution in [0.2, 0.25) is 5.02 Å². The summed E-state index contributed by atoms with van der Waals surface area (Å²) in [7, 11) is 1.64. The normalized spacial score (nSPS) is 17.9. The highest BCUT2D eigenvalue weighted by Gasteiger charge is 2.40. The van der Waals surface area contributed by atoms with E-state index in [2.05, 4.69) is 48.2 Å². The molecule has 1 aliphatic rings. The Morgan fingerprint density at radius 3 is 2.53 bits per heavy atom. The van der Waals surface area contributed by atoms with Crippen LogP contribution < -0.4 is 15.4 Å². The van der Waals surface area contributed by atoms with Gasteiger partial charge < -0.3 is 20.3 Å². The van der Waals surface area contributed by atoms with E-state index in [1.807, 2.05) is 36.5 Å². The van der Waals surface area contributed by atoms with E-state index < -0.39 is 0 Å². The molecule has 0 unspecified atom stereocenters. The monoisotopic (exact) mass is 446 g/mol. The predicted molar refractivity (Wildman–Crippen MR) is 128 cm³/mol. The number of benzene rings is 1. The fourth-order valence-corrected chi connectivity index (χ4v) is 4.98. The number of thiocarbonyl (C=S) groups is 1. The molecule has 0 spiro atoms. The Balaban J connectivity index is 1.91. The Kier molecular flexibility index (Phi) is 6.90. The molecule has 1 fully saturated rings. The Hall–Kier alpha value is -1.89. The van der Waals surface area contributed by atoms with E-state index in [1.54, 1.807) is 13.2 Å². The van der Waals surface area contributed by atoms with Gasteiger partial charge >= 0.3 is 0 Å². The molecule has 162 valence electrons. The highest BCUT2D eigenvalue weighted by Crippen LogP contribution is 2.34. The summed E-state index contributed by atoms with van der Waals surface area (Å²) < 4.78 is 5.49. The maximum Gasteiger partial charge on any atom is 0.174 e. The summed E-state index contributed by atoms with van der Waals surface area (Å²) in [6.07, 6.45) is 3.76. The lowest BCUT2D eigenvalue weighted by Gasteiger charge is -2.50. The number of nitrogens with zero attached hydrogens (tertiary/aromatic N) is 2. The zero-order valence-corrected chi connectivity index (χ0v) is 19.9.